The highest BCUT2D eigenvalue weighted by molar-refractivity contribution is 6.34. The molecule has 178 valence electrons. The number of aryl methyl sites for hydroxylation is 1. The van der Waals surface area contributed by atoms with Gasteiger partial charge in [-0.25, -0.2) is 0 Å². The van der Waals surface area contributed by atoms with Gasteiger partial charge in [0.15, 0.2) is 5.60 Å². The lowest BCUT2D eigenvalue weighted by molar-refractivity contribution is -0.149. The molecule has 0 aromatic heterocycles. The van der Waals surface area contributed by atoms with E-state index < -0.39 is 5.60 Å². The van der Waals surface area contributed by atoms with Gasteiger partial charge in [-0.2, -0.15) is 0 Å². The third kappa shape index (κ3) is 4.55. The zero-order valence-corrected chi connectivity index (χ0v) is 20.7. The number of carbonyl (C=O) groups is 3. The monoisotopic (exact) mass is 501 g/mol. The quantitative estimate of drug-likeness (QED) is 0.567. The Bertz CT molecular complexity index is 1170. The summed E-state index contributed by atoms with van der Waals surface area (Å²) in [7, 11) is 0. The predicted octanol–water partition coefficient (Wildman–Crippen LogP) is 4.43. The van der Waals surface area contributed by atoms with E-state index in [0.717, 1.165) is 22.4 Å². The van der Waals surface area contributed by atoms with Gasteiger partial charge in [0.25, 0.3) is 5.91 Å². The van der Waals surface area contributed by atoms with Crippen LogP contribution in [0.3, 0.4) is 0 Å². The Morgan fingerprint density at radius 2 is 1.71 bits per heavy atom. The Morgan fingerprint density at radius 1 is 1.06 bits per heavy atom. The van der Waals surface area contributed by atoms with E-state index >= 15 is 0 Å². The number of oxime groups is 1. The molecule has 2 aliphatic heterocycles. The summed E-state index contributed by atoms with van der Waals surface area (Å²) >= 11 is 12.4. The molecule has 0 aliphatic carbocycles. The van der Waals surface area contributed by atoms with Crippen molar-refractivity contribution in [1.82, 2.24) is 9.80 Å². The molecule has 2 aromatic rings. The van der Waals surface area contributed by atoms with Gasteiger partial charge < -0.3 is 9.74 Å². The van der Waals surface area contributed by atoms with Crippen LogP contribution in [0.1, 0.15) is 54.2 Å². The van der Waals surface area contributed by atoms with Crippen molar-refractivity contribution in [1.29, 1.82) is 0 Å². The van der Waals surface area contributed by atoms with Crippen LogP contribution >= 0.6 is 23.2 Å². The van der Waals surface area contributed by atoms with Crippen molar-refractivity contribution in [3.05, 3.63) is 68.7 Å². The molecule has 1 atom stereocenters. The molecule has 3 amide bonds. The van der Waals surface area contributed by atoms with Crippen molar-refractivity contribution in [2.45, 2.75) is 39.2 Å². The lowest BCUT2D eigenvalue weighted by Crippen LogP contribution is -2.55. The lowest BCUT2D eigenvalue weighted by Gasteiger charge is -2.32. The third-order valence-corrected chi connectivity index (χ3v) is 6.67. The van der Waals surface area contributed by atoms with Crippen molar-refractivity contribution in [2.75, 3.05) is 19.6 Å². The summed E-state index contributed by atoms with van der Waals surface area (Å²) < 4.78 is 0. The van der Waals surface area contributed by atoms with E-state index in [9.17, 15) is 14.4 Å². The molecule has 2 heterocycles. The van der Waals surface area contributed by atoms with E-state index in [1.807, 2.05) is 32.0 Å². The molecule has 0 spiro atoms. The molecule has 1 unspecified atom stereocenters. The van der Waals surface area contributed by atoms with E-state index in [1.165, 1.54) is 9.80 Å². The molecule has 7 nitrogen and oxygen atoms in total. The molecule has 1 fully saturated rings. The molecule has 34 heavy (non-hydrogen) atoms. The van der Waals surface area contributed by atoms with Crippen LogP contribution in [0.2, 0.25) is 10.0 Å². The second-order valence-corrected chi connectivity index (χ2v) is 9.49. The van der Waals surface area contributed by atoms with Crippen molar-refractivity contribution in [3.8, 4) is 0 Å². The van der Waals surface area contributed by atoms with Crippen molar-refractivity contribution >= 4 is 46.6 Å². The minimum atomic E-state index is -0.719. The van der Waals surface area contributed by atoms with Gasteiger partial charge in [-0.05, 0) is 56.2 Å². The maximum atomic E-state index is 13.1. The van der Waals surface area contributed by atoms with Gasteiger partial charge >= 0.3 is 0 Å². The molecule has 4 rings (SSSR count). The molecular weight excluding hydrogens is 477 g/mol. The van der Waals surface area contributed by atoms with Crippen LogP contribution in [-0.2, 0) is 26.4 Å². The van der Waals surface area contributed by atoms with Gasteiger partial charge in [-0.15, -0.1) is 0 Å². The summed E-state index contributed by atoms with van der Waals surface area (Å²) in [6, 6.07) is 10.6. The number of piperazine rings is 1. The normalized spacial score (nSPS) is 20.4. The van der Waals surface area contributed by atoms with Crippen LogP contribution in [0.5, 0.6) is 0 Å². The Balaban J connectivity index is 1.56. The molecule has 9 heteroatoms. The highest BCUT2D eigenvalue weighted by atomic mass is 35.5. The second kappa shape index (κ2) is 9.39. The summed E-state index contributed by atoms with van der Waals surface area (Å²) in [6.07, 6.45) is 1.17. The van der Waals surface area contributed by atoms with E-state index in [1.54, 1.807) is 25.1 Å². The maximum Gasteiger partial charge on any atom is 0.254 e. The van der Waals surface area contributed by atoms with Crippen molar-refractivity contribution < 1.29 is 19.2 Å². The zero-order chi connectivity index (χ0) is 24.6. The number of nitrogens with zero attached hydrogens (tertiary/aromatic N) is 3. The summed E-state index contributed by atoms with van der Waals surface area (Å²) in [4.78, 5) is 45.8. The lowest BCUT2D eigenvalue weighted by atomic mass is 9.87. The van der Waals surface area contributed by atoms with E-state index in [2.05, 4.69) is 5.16 Å². The molecule has 2 aliphatic rings. The Labute approximate surface area is 208 Å². The standard InChI is InChI=1S/C25H25Cl2N3O4/c1-4-15-8-16(24(33)29-13-22(31)30(5-2)23(32)14-29)6-7-20(15)21-12-25(3,34-28-21)17-9-18(26)11-19(27)10-17/h6-11H,4-5,12-14H2,1-3H3. The van der Waals surface area contributed by atoms with Crippen molar-refractivity contribution in [2.24, 2.45) is 5.16 Å². The molecule has 0 bridgehead atoms. The number of amides is 3. The van der Waals surface area contributed by atoms with Gasteiger partial charge in [-0.3, -0.25) is 19.3 Å². The van der Waals surface area contributed by atoms with Gasteiger partial charge in [0.2, 0.25) is 11.8 Å². The van der Waals surface area contributed by atoms with Gasteiger partial charge in [0.05, 0.1) is 5.71 Å². The highest BCUT2D eigenvalue weighted by Gasteiger charge is 2.38. The zero-order valence-electron chi connectivity index (χ0n) is 19.2. The summed E-state index contributed by atoms with van der Waals surface area (Å²) in [6.45, 7) is 5.75. The number of likely N-dealkylation sites (N-methyl/N-ethyl adjacent to an activating group) is 1. The number of benzene rings is 2. The van der Waals surface area contributed by atoms with Crippen LogP contribution < -0.4 is 0 Å². The van der Waals surface area contributed by atoms with E-state index in [0.29, 0.717) is 35.0 Å². The van der Waals surface area contributed by atoms with Gasteiger partial charge in [0.1, 0.15) is 13.1 Å². The first-order valence-electron chi connectivity index (χ1n) is 11.1. The van der Waals surface area contributed by atoms with Crippen LogP contribution in [0.25, 0.3) is 0 Å². The number of rotatable bonds is 5. The number of carbonyl (C=O) groups excluding carboxylic acids is 3. The molecule has 1 saturated heterocycles. The topological polar surface area (TPSA) is 79.3 Å². The summed E-state index contributed by atoms with van der Waals surface area (Å²) in [5.74, 6) is -1.07. The third-order valence-electron chi connectivity index (χ3n) is 6.24. The molecule has 2 aromatic carbocycles. The fraction of sp³-hybridized carbons (Fsp3) is 0.360. The molecule has 0 radical (unpaired) electrons. The Morgan fingerprint density at radius 3 is 2.29 bits per heavy atom. The second-order valence-electron chi connectivity index (χ2n) is 8.61. The largest absolute Gasteiger partial charge is 0.384 e. The van der Waals surface area contributed by atoms with Crippen LogP contribution in [0, 0.1) is 0 Å². The van der Waals surface area contributed by atoms with Crippen molar-refractivity contribution in [3.63, 3.8) is 0 Å². The van der Waals surface area contributed by atoms with Crippen LogP contribution in [0.4, 0.5) is 0 Å². The smallest absolute Gasteiger partial charge is 0.254 e. The Hall–Kier alpha value is -2.90. The average Bonchev–Trinajstić information content (AvgIpc) is 3.20. The SMILES string of the molecule is CCc1cc(C(=O)N2CC(=O)N(CC)C(=O)C2)ccc1C1=NOC(C)(c2cc(Cl)cc(Cl)c2)C1. The minimum absolute atomic E-state index is 0.108. The minimum Gasteiger partial charge on any atom is -0.384 e. The summed E-state index contributed by atoms with van der Waals surface area (Å²) in [5.41, 5.74) is 3.11. The molecule has 0 saturated carbocycles. The van der Waals surface area contributed by atoms with Gasteiger partial charge in [-0.1, -0.05) is 41.3 Å². The van der Waals surface area contributed by atoms with E-state index in [-0.39, 0.29) is 30.8 Å². The first kappa shape index (κ1) is 24.2. The molecule has 0 N–H and O–H groups in total. The fourth-order valence-corrected chi connectivity index (χ4v) is 4.90. The first-order valence-corrected chi connectivity index (χ1v) is 11.9. The van der Waals surface area contributed by atoms with Gasteiger partial charge in [0, 0.05) is 39.7 Å². The Kier molecular flexibility index (Phi) is 6.69. The van der Waals surface area contributed by atoms with Crippen LogP contribution in [-0.4, -0.2) is 52.9 Å². The predicted molar refractivity (Wildman–Crippen MR) is 130 cm³/mol. The summed E-state index contributed by atoms with van der Waals surface area (Å²) in [5, 5.41) is 5.39. The number of hydrogen-bond donors (Lipinski definition) is 0. The number of hydrogen-bond acceptors (Lipinski definition) is 5. The molecular formula is C25H25Cl2N3O4. The van der Waals surface area contributed by atoms with E-state index in [4.69, 9.17) is 28.0 Å². The number of halogens is 2. The number of imide groups is 1. The maximum absolute atomic E-state index is 13.1. The highest BCUT2D eigenvalue weighted by Crippen LogP contribution is 2.39. The fourth-order valence-electron chi connectivity index (χ4n) is 4.37. The van der Waals surface area contributed by atoms with Crippen LogP contribution in [0.15, 0.2) is 41.6 Å². The first-order chi connectivity index (χ1) is 16.1. The average molecular weight is 502 g/mol.